The van der Waals surface area contributed by atoms with Crippen molar-refractivity contribution in [1.82, 2.24) is 0 Å². The van der Waals surface area contributed by atoms with Crippen LogP contribution in [-0.4, -0.2) is 6.21 Å². The molecule has 0 spiro atoms. The van der Waals surface area contributed by atoms with E-state index in [0.717, 1.165) is 11.1 Å². The van der Waals surface area contributed by atoms with Gasteiger partial charge in [-0.15, -0.1) is 0 Å². The summed E-state index contributed by atoms with van der Waals surface area (Å²) in [6.45, 7) is 3.78. The molecular weight excluding hydrogens is 184 g/mol. The van der Waals surface area contributed by atoms with E-state index in [2.05, 4.69) is 35.9 Å². The molecule has 0 fully saturated rings. The largest absolute Gasteiger partial charge is 0.323 e. The Bertz CT molecular complexity index is 527. The quantitative estimate of drug-likeness (QED) is 0.447. The fraction of sp³-hybridized carbons (Fsp3) is 0. The van der Waals surface area contributed by atoms with Gasteiger partial charge in [-0.3, -0.25) is 0 Å². The van der Waals surface area contributed by atoms with Gasteiger partial charge < -0.3 is 5.84 Å². The summed E-state index contributed by atoms with van der Waals surface area (Å²) in [5.74, 6) is 5.16. The molecule has 74 valence electrons. The fourth-order valence-electron chi connectivity index (χ4n) is 1.64. The van der Waals surface area contributed by atoms with Crippen LogP contribution in [0.3, 0.4) is 0 Å². The van der Waals surface area contributed by atoms with Crippen LogP contribution in [0.2, 0.25) is 0 Å². The lowest BCUT2D eigenvalue weighted by molar-refractivity contribution is 1.26. The minimum absolute atomic E-state index is 0.992. The van der Waals surface area contributed by atoms with Gasteiger partial charge in [-0.05, 0) is 28.5 Å². The van der Waals surface area contributed by atoms with Crippen LogP contribution in [0.4, 0.5) is 0 Å². The number of hydrogen-bond acceptors (Lipinski definition) is 2. The predicted molar refractivity (Wildman–Crippen MR) is 65.8 cm³/mol. The molecule has 0 unspecified atom stereocenters. The summed E-state index contributed by atoms with van der Waals surface area (Å²) in [5.41, 5.74) is 2.04. The standard InChI is InChI=1S/C13H12N2/c1-2-10-7-11-5-3-4-6-12(11)8-13(10)9-15-14/h2-9H,1,14H2/b15-9-. The van der Waals surface area contributed by atoms with E-state index in [1.54, 1.807) is 6.21 Å². The van der Waals surface area contributed by atoms with Gasteiger partial charge in [-0.1, -0.05) is 36.9 Å². The number of rotatable bonds is 2. The van der Waals surface area contributed by atoms with E-state index in [1.165, 1.54) is 10.8 Å². The average Bonchev–Trinajstić information content (AvgIpc) is 2.28. The van der Waals surface area contributed by atoms with Crippen molar-refractivity contribution in [1.29, 1.82) is 0 Å². The van der Waals surface area contributed by atoms with Gasteiger partial charge in [0.2, 0.25) is 0 Å². The van der Waals surface area contributed by atoms with Crippen molar-refractivity contribution >= 4 is 23.1 Å². The van der Waals surface area contributed by atoms with Crippen LogP contribution >= 0.6 is 0 Å². The van der Waals surface area contributed by atoms with Crippen LogP contribution in [0, 0.1) is 0 Å². The second-order valence-corrected chi connectivity index (χ2v) is 3.31. The predicted octanol–water partition coefficient (Wildman–Crippen LogP) is 2.78. The normalized spacial score (nSPS) is 10.9. The van der Waals surface area contributed by atoms with E-state index >= 15 is 0 Å². The van der Waals surface area contributed by atoms with E-state index in [4.69, 9.17) is 5.84 Å². The van der Waals surface area contributed by atoms with Crippen LogP contribution in [0.5, 0.6) is 0 Å². The molecule has 0 heterocycles. The first-order valence-corrected chi connectivity index (χ1v) is 4.73. The molecule has 0 amide bonds. The Balaban J connectivity index is 2.74. The molecule has 0 aromatic heterocycles. The number of nitrogens with zero attached hydrogens (tertiary/aromatic N) is 1. The summed E-state index contributed by atoms with van der Waals surface area (Å²) in [4.78, 5) is 0. The molecular formula is C13H12N2. The van der Waals surface area contributed by atoms with Gasteiger partial charge in [0.1, 0.15) is 0 Å². The van der Waals surface area contributed by atoms with Gasteiger partial charge in [-0.2, -0.15) is 5.10 Å². The third kappa shape index (κ3) is 1.74. The average molecular weight is 196 g/mol. The zero-order valence-corrected chi connectivity index (χ0v) is 8.35. The minimum atomic E-state index is 0.992. The first-order valence-electron chi connectivity index (χ1n) is 4.73. The lowest BCUT2D eigenvalue weighted by atomic mass is 10.0. The lowest BCUT2D eigenvalue weighted by Gasteiger charge is -2.03. The molecule has 0 bridgehead atoms. The Kier molecular flexibility index (Phi) is 2.50. The van der Waals surface area contributed by atoms with Crippen LogP contribution in [0.15, 0.2) is 48.1 Å². The molecule has 2 heteroatoms. The van der Waals surface area contributed by atoms with E-state index in [9.17, 15) is 0 Å². The summed E-state index contributed by atoms with van der Waals surface area (Å²) >= 11 is 0. The molecule has 2 rings (SSSR count). The molecule has 15 heavy (non-hydrogen) atoms. The van der Waals surface area contributed by atoms with Crippen molar-refractivity contribution in [2.75, 3.05) is 0 Å². The molecule has 0 aliphatic carbocycles. The maximum Gasteiger partial charge on any atom is 0.0544 e. The molecule has 0 saturated carbocycles. The monoisotopic (exact) mass is 196 g/mol. The molecule has 0 radical (unpaired) electrons. The smallest absolute Gasteiger partial charge is 0.0544 e. The summed E-state index contributed by atoms with van der Waals surface area (Å²) < 4.78 is 0. The number of hydrogen-bond donors (Lipinski definition) is 1. The van der Waals surface area contributed by atoms with Gasteiger partial charge >= 0.3 is 0 Å². The van der Waals surface area contributed by atoms with Crippen molar-refractivity contribution in [3.8, 4) is 0 Å². The van der Waals surface area contributed by atoms with Crippen LogP contribution in [-0.2, 0) is 0 Å². The maximum atomic E-state index is 5.16. The highest BCUT2D eigenvalue weighted by atomic mass is 15.1. The van der Waals surface area contributed by atoms with Crippen molar-refractivity contribution < 1.29 is 0 Å². The number of fused-ring (bicyclic) bond motifs is 1. The van der Waals surface area contributed by atoms with Gasteiger partial charge in [-0.25, -0.2) is 0 Å². The summed E-state index contributed by atoms with van der Waals surface area (Å²) in [6.07, 6.45) is 3.45. The minimum Gasteiger partial charge on any atom is -0.323 e. The summed E-state index contributed by atoms with van der Waals surface area (Å²) in [5, 5.41) is 5.92. The fourth-order valence-corrected chi connectivity index (χ4v) is 1.64. The highest BCUT2D eigenvalue weighted by Gasteiger charge is 1.99. The molecule has 2 aromatic carbocycles. The molecule has 2 aromatic rings. The zero-order valence-electron chi connectivity index (χ0n) is 8.35. The van der Waals surface area contributed by atoms with Gasteiger partial charge in [0.25, 0.3) is 0 Å². The van der Waals surface area contributed by atoms with Gasteiger partial charge in [0, 0.05) is 5.56 Å². The molecule has 0 saturated heterocycles. The SMILES string of the molecule is C=Cc1cc2ccccc2cc1/C=N\N. The zero-order chi connectivity index (χ0) is 10.7. The topological polar surface area (TPSA) is 38.4 Å². The van der Waals surface area contributed by atoms with E-state index in [-0.39, 0.29) is 0 Å². The van der Waals surface area contributed by atoms with Crippen LogP contribution in [0.25, 0.3) is 16.8 Å². The Hall–Kier alpha value is -2.09. The molecule has 2 nitrogen and oxygen atoms in total. The van der Waals surface area contributed by atoms with Crippen molar-refractivity contribution in [3.05, 3.63) is 54.1 Å². The Morgan fingerprint density at radius 2 is 1.67 bits per heavy atom. The highest BCUT2D eigenvalue weighted by molar-refractivity contribution is 5.94. The lowest BCUT2D eigenvalue weighted by Crippen LogP contribution is -1.90. The number of hydrazone groups is 1. The highest BCUT2D eigenvalue weighted by Crippen LogP contribution is 2.19. The molecule has 0 aliphatic heterocycles. The Morgan fingerprint density at radius 1 is 1.07 bits per heavy atom. The number of benzene rings is 2. The third-order valence-corrected chi connectivity index (χ3v) is 2.38. The molecule has 0 atom stereocenters. The first-order chi connectivity index (χ1) is 7.35. The molecule has 2 N–H and O–H groups in total. The third-order valence-electron chi connectivity index (χ3n) is 2.38. The van der Waals surface area contributed by atoms with Crippen molar-refractivity contribution in [3.63, 3.8) is 0 Å². The van der Waals surface area contributed by atoms with Gasteiger partial charge in [0.15, 0.2) is 0 Å². The second kappa shape index (κ2) is 3.96. The van der Waals surface area contributed by atoms with E-state index in [0.29, 0.717) is 0 Å². The first kappa shape index (κ1) is 9.46. The number of nitrogens with two attached hydrogens (primary N) is 1. The van der Waals surface area contributed by atoms with E-state index in [1.807, 2.05) is 18.2 Å². The van der Waals surface area contributed by atoms with E-state index < -0.39 is 0 Å². The summed E-state index contributed by atoms with van der Waals surface area (Å²) in [6, 6.07) is 12.3. The maximum absolute atomic E-state index is 5.16. The van der Waals surface area contributed by atoms with Crippen LogP contribution in [0.1, 0.15) is 11.1 Å². The van der Waals surface area contributed by atoms with Crippen molar-refractivity contribution in [2.45, 2.75) is 0 Å². The Labute approximate surface area is 88.7 Å². The van der Waals surface area contributed by atoms with Crippen molar-refractivity contribution in [2.24, 2.45) is 10.9 Å². The van der Waals surface area contributed by atoms with Gasteiger partial charge in [0.05, 0.1) is 6.21 Å². The second-order valence-electron chi connectivity index (χ2n) is 3.31. The molecule has 0 aliphatic rings. The summed E-state index contributed by atoms with van der Waals surface area (Å²) in [7, 11) is 0. The van der Waals surface area contributed by atoms with Crippen LogP contribution < -0.4 is 5.84 Å². The Morgan fingerprint density at radius 3 is 2.20 bits per heavy atom.